The van der Waals surface area contributed by atoms with Gasteiger partial charge in [-0.05, 0) is 69.4 Å². The molecule has 1 aliphatic carbocycles. The molecule has 1 atom stereocenters. The Balaban J connectivity index is 1.09. The molecule has 31 heavy (non-hydrogen) atoms. The summed E-state index contributed by atoms with van der Waals surface area (Å²) in [5, 5.41) is 0. The molecule has 4 heterocycles. The number of rotatable bonds is 2. The lowest BCUT2D eigenvalue weighted by molar-refractivity contribution is -0.115. The number of carbonyl (C=O) groups excluding carboxylic acids is 2. The predicted molar refractivity (Wildman–Crippen MR) is 110 cm³/mol. The van der Waals surface area contributed by atoms with E-state index in [1.165, 1.54) is 12.0 Å². The molecule has 0 aromatic rings. The van der Waals surface area contributed by atoms with Crippen LogP contribution in [0.25, 0.3) is 0 Å². The van der Waals surface area contributed by atoms with Gasteiger partial charge in [0, 0.05) is 31.7 Å². The number of amides is 3. The second-order valence-corrected chi connectivity index (χ2v) is 10.5. The molecule has 1 saturated carbocycles. The molecule has 0 aromatic heterocycles. The number of carbonyl (C=O) groups is 2. The Kier molecular flexibility index (Phi) is 5.30. The van der Waals surface area contributed by atoms with Crippen molar-refractivity contribution in [1.29, 1.82) is 0 Å². The van der Waals surface area contributed by atoms with Crippen molar-refractivity contribution in [3.63, 3.8) is 0 Å². The Morgan fingerprint density at radius 2 is 1.65 bits per heavy atom. The normalized spacial score (nSPS) is 35.9. The lowest BCUT2D eigenvalue weighted by Gasteiger charge is -2.52. The maximum absolute atomic E-state index is 13.2. The Labute approximate surface area is 182 Å². The highest BCUT2D eigenvalue weighted by atomic mass is 19.3. The number of urea groups is 1. The molecule has 0 radical (unpaired) electrons. The summed E-state index contributed by atoms with van der Waals surface area (Å²) in [6, 6.07) is 0.622. The highest BCUT2D eigenvalue weighted by Crippen LogP contribution is 2.51. The van der Waals surface area contributed by atoms with Gasteiger partial charge in [-0.25, -0.2) is 18.4 Å². The molecule has 4 saturated heterocycles. The van der Waals surface area contributed by atoms with E-state index >= 15 is 0 Å². The van der Waals surface area contributed by atoms with Crippen molar-refractivity contribution in [3.05, 3.63) is 0 Å². The summed E-state index contributed by atoms with van der Waals surface area (Å²) in [6.45, 7) is 3.57. The Hall–Kier alpha value is -1.64. The SMILES string of the molecule is COC(=O)N1CCC2(CC(N3CCC(C4CCCN4C(=O)N4CC(F)(F)C4)CC3)C2)C1. The number of likely N-dealkylation sites (tertiary alicyclic amines) is 4. The minimum atomic E-state index is -2.70. The van der Waals surface area contributed by atoms with Crippen LogP contribution in [0.4, 0.5) is 18.4 Å². The van der Waals surface area contributed by atoms with Gasteiger partial charge in [0.2, 0.25) is 0 Å². The largest absolute Gasteiger partial charge is 0.453 e. The number of piperidine rings is 1. The number of methoxy groups -OCH3 is 1. The first-order valence-corrected chi connectivity index (χ1v) is 11.8. The van der Waals surface area contributed by atoms with E-state index in [-0.39, 0.29) is 23.6 Å². The summed E-state index contributed by atoms with van der Waals surface area (Å²) >= 11 is 0. The van der Waals surface area contributed by atoms with Gasteiger partial charge in [0.15, 0.2) is 0 Å². The van der Waals surface area contributed by atoms with Crippen LogP contribution in [-0.2, 0) is 4.74 Å². The average molecular weight is 441 g/mol. The van der Waals surface area contributed by atoms with Gasteiger partial charge in [-0.3, -0.25) is 0 Å². The monoisotopic (exact) mass is 440 g/mol. The summed E-state index contributed by atoms with van der Waals surface area (Å²) in [5.41, 5.74) is 0.281. The van der Waals surface area contributed by atoms with E-state index in [1.807, 2.05) is 9.80 Å². The Bertz CT molecular complexity index is 714. The third kappa shape index (κ3) is 3.87. The standard InChI is InChI=1S/C22H34F2N4O3/c1-31-20(30)26-10-6-21(13-26)11-17(12-21)25-8-4-16(5-9-25)18-3-2-7-28(18)19(29)27-14-22(23,24)15-27/h16-18H,2-15H2,1H3. The van der Waals surface area contributed by atoms with Crippen LogP contribution in [0.2, 0.25) is 0 Å². The van der Waals surface area contributed by atoms with Crippen LogP contribution in [0.3, 0.4) is 0 Å². The van der Waals surface area contributed by atoms with Crippen LogP contribution in [0.1, 0.15) is 44.9 Å². The highest BCUT2D eigenvalue weighted by molar-refractivity contribution is 5.76. The molecule has 4 aliphatic heterocycles. The molecule has 1 unspecified atom stereocenters. The second-order valence-electron chi connectivity index (χ2n) is 10.5. The summed E-state index contributed by atoms with van der Waals surface area (Å²) in [4.78, 5) is 32.1. The quantitative estimate of drug-likeness (QED) is 0.663. The van der Waals surface area contributed by atoms with Gasteiger partial charge in [0.1, 0.15) is 0 Å². The number of halogens is 2. The van der Waals surface area contributed by atoms with Crippen molar-refractivity contribution in [2.24, 2.45) is 11.3 Å². The van der Waals surface area contributed by atoms with Gasteiger partial charge >= 0.3 is 12.1 Å². The van der Waals surface area contributed by atoms with Crippen molar-refractivity contribution < 1.29 is 23.1 Å². The zero-order valence-electron chi connectivity index (χ0n) is 18.4. The smallest absolute Gasteiger partial charge is 0.409 e. The molecular weight excluding hydrogens is 406 g/mol. The molecule has 7 nitrogen and oxygen atoms in total. The van der Waals surface area contributed by atoms with Crippen LogP contribution >= 0.6 is 0 Å². The molecule has 0 N–H and O–H groups in total. The zero-order chi connectivity index (χ0) is 21.8. The van der Waals surface area contributed by atoms with Crippen molar-refractivity contribution in [1.82, 2.24) is 19.6 Å². The predicted octanol–water partition coefficient (Wildman–Crippen LogP) is 2.85. The second kappa shape index (κ2) is 7.74. The number of hydrogen-bond acceptors (Lipinski definition) is 4. The maximum atomic E-state index is 13.2. The van der Waals surface area contributed by atoms with Crippen LogP contribution in [0.15, 0.2) is 0 Å². The molecule has 0 aromatic carbocycles. The van der Waals surface area contributed by atoms with Gasteiger partial charge in [0.05, 0.1) is 20.2 Å². The van der Waals surface area contributed by atoms with E-state index in [4.69, 9.17) is 4.74 Å². The number of nitrogens with zero attached hydrogens (tertiary/aromatic N) is 4. The molecule has 5 aliphatic rings. The summed E-state index contributed by atoms with van der Waals surface area (Å²) < 4.78 is 31.3. The third-order valence-electron chi connectivity index (χ3n) is 8.50. The lowest BCUT2D eigenvalue weighted by Crippen LogP contribution is -2.62. The van der Waals surface area contributed by atoms with Gasteiger partial charge in [-0.1, -0.05) is 0 Å². The first-order valence-electron chi connectivity index (χ1n) is 11.8. The molecule has 5 fully saturated rings. The van der Waals surface area contributed by atoms with Gasteiger partial charge < -0.3 is 24.3 Å². The minimum absolute atomic E-state index is 0.187. The lowest BCUT2D eigenvalue weighted by atomic mass is 9.64. The van der Waals surface area contributed by atoms with E-state index in [1.54, 1.807) is 0 Å². The van der Waals surface area contributed by atoms with Crippen LogP contribution in [0.5, 0.6) is 0 Å². The Morgan fingerprint density at radius 3 is 2.29 bits per heavy atom. The van der Waals surface area contributed by atoms with Crippen molar-refractivity contribution in [2.75, 3.05) is 52.9 Å². The topological polar surface area (TPSA) is 56.3 Å². The fourth-order valence-electron chi connectivity index (χ4n) is 6.77. The molecular formula is C22H34F2N4O3. The zero-order valence-corrected chi connectivity index (χ0v) is 18.4. The summed E-state index contributed by atoms with van der Waals surface area (Å²) in [6.07, 6.45) is 7.29. The van der Waals surface area contributed by atoms with Crippen LogP contribution in [-0.4, -0.2) is 103 Å². The van der Waals surface area contributed by atoms with Crippen molar-refractivity contribution >= 4 is 12.1 Å². The van der Waals surface area contributed by atoms with Gasteiger partial charge in [0.25, 0.3) is 5.92 Å². The summed E-state index contributed by atoms with van der Waals surface area (Å²) in [7, 11) is 1.44. The highest BCUT2D eigenvalue weighted by Gasteiger charge is 2.52. The van der Waals surface area contributed by atoms with E-state index < -0.39 is 19.0 Å². The first-order chi connectivity index (χ1) is 14.8. The molecule has 174 valence electrons. The third-order valence-corrected chi connectivity index (χ3v) is 8.50. The molecule has 0 bridgehead atoms. The van der Waals surface area contributed by atoms with E-state index in [0.717, 1.165) is 71.1 Å². The molecule has 3 amide bonds. The van der Waals surface area contributed by atoms with Crippen LogP contribution < -0.4 is 0 Å². The molecule has 5 rings (SSSR count). The summed E-state index contributed by atoms with van der Waals surface area (Å²) in [5.74, 6) is -2.23. The van der Waals surface area contributed by atoms with Gasteiger partial charge in [-0.15, -0.1) is 0 Å². The fraction of sp³-hybridized carbons (Fsp3) is 0.909. The van der Waals surface area contributed by atoms with Crippen molar-refractivity contribution in [3.8, 4) is 0 Å². The van der Waals surface area contributed by atoms with Crippen LogP contribution in [0, 0.1) is 11.3 Å². The van der Waals surface area contributed by atoms with E-state index in [2.05, 4.69) is 4.90 Å². The average Bonchev–Trinajstić information content (AvgIpc) is 3.37. The number of alkyl halides is 2. The van der Waals surface area contributed by atoms with E-state index in [0.29, 0.717) is 18.5 Å². The number of ether oxygens (including phenoxy) is 1. The fourth-order valence-corrected chi connectivity index (χ4v) is 6.77. The Morgan fingerprint density at radius 1 is 0.935 bits per heavy atom. The first kappa shape index (κ1) is 21.2. The van der Waals surface area contributed by atoms with Crippen molar-refractivity contribution in [2.45, 2.75) is 63.0 Å². The van der Waals surface area contributed by atoms with E-state index in [9.17, 15) is 18.4 Å². The number of hydrogen-bond donors (Lipinski definition) is 0. The molecule has 9 heteroatoms. The molecule has 1 spiro atoms. The van der Waals surface area contributed by atoms with Gasteiger partial charge in [-0.2, -0.15) is 0 Å². The maximum Gasteiger partial charge on any atom is 0.409 e. The minimum Gasteiger partial charge on any atom is -0.453 e.